The van der Waals surface area contributed by atoms with E-state index in [-0.39, 0.29) is 33.5 Å². The zero-order chi connectivity index (χ0) is 14.8. The van der Waals surface area contributed by atoms with Crippen molar-refractivity contribution in [3.8, 4) is 0 Å². The van der Waals surface area contributed by atoms with Crippen LogP contribution in [0.1, 0.15) is 25.7 Å². The zero-order valence-electron chi connectivity index (χ0n) is 10.9. The van der Waals surface area contributed by atoms with E-state index < -0.39 is 10.0 Å². The van der Waals surface area contributed by atoms with Crippen LogP contribution in [0.4, 0.5) is 0 Å². The van der Waals surface area contributed by atoms with Gasteiger partial charge in [-0.15, -0.1) is 0 Å². The van der Waals surface area contributed by atoms with Crippen molar-refractivity contribution in [2.75, 3.05) is 6.61 Å². The number of nitrogens with one attached hydrogen (secondary N) is 1. The first-order valence-electron chi connectivity index (χ1n) is 6.53. The number of rotatable bonds is 4. The third-order valence-corrected chi connectivity index (χ3v) is 6.12. The fourth-order valence-electron chi connectivity index (χ4n) is 2.54. The molecular formula is C13H17Cl2NO3S. The highest BCUT2D eigenvalue weighted by Crippen LogP contribution is 2.30. The molecule has 1 aliphatic rings. The zero-order valence-corrected chi connectivity index (χ0v) is 13.2. The minimum Gasteiger partial charge on any atom is -0.396 e. The van der Waals surface area contributed by atoms with E-state index in [9.17, 15) is 13.5 Å². The molecule has 1 aromatic carbocycles. The lowest BCUT2D eigenvalue weighted by Crippen LogP contribution is -2.43. The molecule has 20 heavy (non-hydrogen) atoms. The van der Waals surface area contributed by atoms with Crippen molar-refractivity contribution < 1.29 is 13.5 Å². The third kappa shape index (κ3) is 3.46. The van der Waals surface area contributed by atoms with E-state index in [0.717, 1.165) is 25.7 Å². The molecule has 2 N–H and O–H groups in total. The molecule has 2 unspecified atom stereocenters. The summed E-state index contributed by atoms with van der Waals surface area (Å²) in [7, 11) is -3.73. The average Bonchev–Trinajstić information content (AvgIpc) is 2.42. The predicted molar refractivity (Wildman–Crippen MR) is 79.6 cm³/mol. The van der Waals surface area contributed by atoms with Crippen LogP contribution < -0.4 is 4.72 Å². The highest BCUT2D eigenvalue weighted by atomic mass is 35.5. The Morgan fingerprint density at radius 2 is 1.95 bits per heavy atom. The molecule has 1 fully saturated rings. The van der Waals surface area contributed by atoms with E-state index in [1.54, 1.807) is 12.1 Å². The predicted octanol–water partition coefficient (Wildman–Crippen LogP) is 2.82. The van der Waals surface area contributed by atoms with E-state index in [0.29, 0.717) is 0 Å². The van der Waals surface area contributed by atoms with Gasteiger partial charge in [0.2, 0.25) is 10.0 Å². The van der Waals surface area contributed by atoms with Gasteiger partial charge in [0, 0.05) is 12.6 Å². The number of halogens is 2. The van der Waals surface area contributed by atoms with Crippen molar-refractivity contribution >= 4 is 33.2 Å². The van der Waals surface area contributed by atoms with Gasteiger partial charge in [-0.3, -0.25) is 0 Å². The van der Waals surface area contributed by atoms with Gasteiger partial charge in [0.25, 0.3) is 0 Å². The molecule has 1 aliphatic carbocycles. The first kappa shape index (κ1) is 16.0. The molecule has 112 valence electrons. The van der Waals surface area contributed by atoms with Gasteiger partial charge in [-0.25, -0.2) is 13.1 Å². The molecular weight excluding hydrogens is 321 g/mol. The summed E-state index contributed by atoms with van der Waals surface area (Å²) in [5, 5.41) is 9.58. The second-order valence-corrected chi connectivity index (χ2v) is 7.47. The fraction of sp³-hybridized carbons (Fsp3) is 0.538. The van der Waals surface area contributed by atoms with Gasteiger partial charge < -0.3 is 5.11 Å². The molecule has 0 saturated heterocycles. The highest BCUT2D eigenvalue weighted by molar-refractivity contribution is 7.89. The van der Waals surface area contributed by atoms with E-state index in [1.165, 1.54) is 6.07 Å². The quantitative estimate of drug-likeness (QED) is 0.887. The minimum absolute atomic E-state index is 0.0174. The van der Waals surface area contributed by atoms with E-state index in [1.807, 2.05) is 0 Å². The Labute approximate surface area is 129 Å². The maximum atomic E-state index is 12.4. The van der Waals surface area contributed by atoms with Crippen LogP contribution in [0.3, 0.4) is 0 Å². The standard InChI is InChI=1S/C13H17Cl2NO3S/c14-10-5-3-7-12(13(10)15)20(18,19)16-11-6-2-1-4-9(11)8-17/h3,5,7,9,11,16-17H,1-2,4,6,8H2. The van der Waals surface area contributed by atoms with Crippen LogP contribution in [-0.2, 0) is 10.0 Å². The van der Waals surface area contributed by atoms with Crippen molar-refractivity contribution in [1.29, 1.82) is 0 Å². The maximum absolute atomic E-state index is 12.4. The molecule has 0 aromatic heterocycles. The van der Waals surface area contributed by atoms with Gasteiger partial charge in [-0.1, -0.05) is 42.1 Å². The highest BCUT2D eigenvalue weighted by Gasteiger charge is 2.30. The average molecular weight is 338 g/mol. The van der Waals surface area contributed by atoms with Crippen LogP contribution >= 0.6 is 23.2 Å². The lowest BCUT2D eigenvalue weighted by molar-refractivity contribution is 0.164. The monoisotopic (exact) mass is 337 g/mol. The molecule has 1 aromatic rings. The van der Waals surface area contributed by atoms with Crippen LogP contribution in [0.5, 0.6) is 0 Å². The largest absolute Gasteiger partial charge is 0.396 e. The molecule has 0 radical (unpaired) electrons. The number of aliphatic hydroxyl groups is 1. The van der Waals surface area contributed by atoms with Gasteiger partial charge in [-0.05, 0) is 30.9 Å². The number of sulfonamides is 1. The summed E-state index contributed by atoms with van der Waals surface area (Å²) in [6.07, 6.45) is 3.52. The second kappa shape index (κ2) is 6.62. The second-order valence-electron chi connectivity index (χ2n) is 5.01. The third-order valence-electron chi connectivity index (χ3n) is 3.66. The molecule has 7 heteroatoms. The lowest BCUT2D eigenvalue weighted by Gasteiger charge is -2.30. The van der Waals surface area contributed by atoms with Crippen LogP contribution in [0.15, 0.2) is 23.1 Å². The molecule has 0 bridgehead atoms. The Bertz CT molecular complexity index is 577. The molecule has 2 rings (SSSR count). The Balaban J connectivity index is 2.24. The summed E-state index contributed by atoms with van der Waals surface area (Å²) in [6, 6.07) is 4.26. The molecule has 1 saturated carbocycles. The first-order valence-corrected chi connectivity index (χ1v) is 8.77. The molecule has 0 amide bonds. The summed E-state index contributed by atoms with van der Waals surface area (Å²) < 4.78 is 27.4. The summed E-state index contributed by atoms with van der Waals surface area (Å²) in [5.41, 5.74) is 0. The van der Waals surface area contributed by atoms with Gasteiger partial charge in [0.05, 0.1) is 10.0 Å². The van der Waals surface area contributed by atoms with Crippen LogP contribution in [0.2, 0.25) is 10.0 Å². The molecule has 0 aliphatic heterocycles. The SMILES string of the molecule is O=S(=O)(NC1CCCCC1CO)c1cccc(Cl)c1Cl. The van der Waals surface area contributed by atoms with Crippen LogP contribution in [0, 0.1) is 5.92 Å². The van der Waals surface area contributed by atoms with Gasteiger partial charge in [0.1, 0.15) is 4.90 Å². The fourth-order valence-corrected chi connectivity index (χ4v) is 4.64. The smallest absolute Gasteiger partial charge is 0.242 e. The number of hydrogen-bond acceptors (Lipinski definition) is 3. The van der Waals surface area contributed by atoms with Gasteiger partial charge in [-0.2, -0.15) is 0 Å². The number of hydrogen-bond donors (Lipinski definition) is 2. The van der Waals surface area contributed by atoms with Crippen molar-refractivity contribution in [2.24, 2.45) is 5.92 Å². The van der Waals surface area contributed by atoms with Crippen molar-refractivity contribution in [3.05, 3.63) is 28.2 Å². The normalized spacial score (nSPS) is 23.8. The summed E-state index contributed by atoms with van der Waals surface area (Å²) in [5.74, 6) is -0.0449. The maximum Gasteiger partial charge on any atom is 0.242 e. The molecule has 4 nitrogen and oxygen atoms in total. The molecule has 2 atom stereocenters. The number of benzene rings is 1. The minimum atomic E-state index is -3.73. The molecule has 0 heterocycles. The Morgan fingerprint density at radius 3 is 2.65 bits per heavy atom. The Hall–Kier alpha value is -0.330. The van der Waals surface area contributed by atoms with Crippen LogP contribution in [-0.4, -0.2) is 26.2 Å². The van der Waals surface area contributed by atoms with Crippen molar-refractivity contribution in [2.45, 2.75) is 36.6 Å². The molecule has 0 spiro atoms. The van der Waals surface area contributed by atoms with E-state index in [2.05, 4.69) is 4.72 Å². The van der Waals surface area contributed by atoms with E-state index in [4.69, 9.17) is 23.2 Å². The summed E-state index contributed by atoms with van der Waals surface area (Å²) >= 11 is 11.8. The Kier molecular flexibility index (Phi) is 5.31. The van der Waals surface area contributed by atoms with Crippen molar-refractivity contribution in [1.82, 2.24) is 4.72 Å². The topological polar surface area (TPSA) is 66.4 Å². The first-order chi connectivity index (χ1) is 9.45. The number of aliphatic hydroxyl groups excluding tert-OH is 1. The summed E-state index contributed by atoms with van der Waals surface area (Å²) in [6.45, 7) is -0.0174. The van der Waals surface area contributed by atoms with Crippen LogP contribution in [0.25, 0.3) is 0 Å². The Morgan fingerprint density at radius 1 is 1.25 bits per heavy atom. The summed E-state index contributed by atoms with van der Waals surface area (Å²) in [4.78, 5) is -0.0195. The van der Waals surface area contributed by atoms with Gasteiger partial charge >= 0.3 is 0 Å². The van der Waals surface area contributed by atoms with Crippen molar-refractivity contribution in [3.63, 3.8) is 0 Å². The van der Waals surface area contributed by atoms with E-state index >= 15 is 0 Å². The van der Waals surface area contributed by atoms with Gasteiger partial charge in [0.15, 0.2) is 0 Å². The lowest BCUT2D eigenvalue weighted by atomic mass is 9.86.